The van der Waals surface area contributed by atoms with Gasteiger partial charge in [0.25, 0.3) is 0 Å². The highest BCUT2D eigenvalue weighted by Crippen LogP contribution is 2.32. The second-order valence-corrected chi connectivity index (χ2v) is 5.82. The number of hydrogen-bond acceptors (Lipinski definition) is 2. The topological polar surface area (TPSA) is 33.0 Å². The largest absolute Gasteiger partial charge is 0.490 e. The van der Waals surface area contributed by atoms with Gasteiger partial charge in [-0.25, -0.2) is 0 Å². The zero-order chi connectivity index (χ0) is 13.1. The summed E-state index contributed by atoms with van der Waals surface area (Å²) in [6.07, 6.45) is 3.76. The predicted octanol–water partition coefficient (Wildman–Crippen LogP) is 4.42. The SMILES string of the molecule is CC1CC(C)CC(Oc2ccc(C#N)c(Cl)c2)C1. The Hall–Kier alpha value is -1.20. The van der Waals surface area contributed by atoms with Gasteiger partial charge in [0.15, 0.2) is 0 Å². The van der Waals surface area contributed by atoms with Gasteiger partial charge in [0.2, 0.25) is 0 Å². The van der Waals surface area contributed by atoms with Gasteiger partial charge in [-0.3, -0.25) is 0 Å². The van der Waals surface area contributed by atoms with Crippen molar-refractivity contribution in [2.45, 2.75) is 39.2 Å². The van der Waals surface area contributed by atoms with E-state index in [9.17, 15) is 0 Å². The lowest BCUT2D eigenvalue weighted by molar-refractivity contribution is 0.101. The standard InChI is InChI=1S/C15H18ClNO/c1-10-5-11(2)7-14(6-10)18-13-4-3-12(9-17)15(16)8-13/h3-4,8,10-11,14H,5-7H2,1-2H3. The Morgan fingerprint density at radius 1 is 1.22 bits per heavy atom. The molecule has 1 aliphatic rings. The van der Waals surface area contributed by atoms with Crippen LogP contribution in [0.1, 0.15) is 38.7 Å². The third-order valence-corrected chi connectivity index (χ3v) is 3.81. The maximum absolute atomic E-state index is 8.82. The molecule has 1 aliphatic carbocycles. The van der Waals surface area contributed by atoms with Gasteiger partial charge in [-0.05, 0) is 43.2 Å². The van der Waals surface area contributed by atoms with E-state index in [4.69, 9.17) is 21.6 Å². The quantitative estimate of drug-likeness (QED) is 0.792. The van der Waals surface area contributed by atoms with Gasteiger partial charge >= 0.3 is 0 Å². The van der Waals surface area contributed by atoms with E-state index in [1.807, 2.05) is 6.07 Å². The minimum atomic E-state index is 0.271. The molecular weight excluding hydrogens is 246 g/mol. The van der Waals surface area contributed by atoms with Crippen molar-refractivity contribution in [2.24, 2.45) is 11.8 Å². The smallest absolute Gasteiger partial charge is 0.121 e. The van der Waals surface area contributed by atoms with Crippen LogP contribution in [0.25, 0.3) is 0 Å². The fraction of sp³-hybridized carbons (Fsp3) is 0.533. The van der Waals surface area contributed by atoms with Crippen LogP contribution in [0.3, 0.4) is 0 Å². The van der Waals surface area contributed by atoms with Crippen molar-refractivity contribution < 1.29 is 4.74 Å². The van der Waals surface area contributed by atoms with Crippen molar-refractivity contribution in [3.8, 4) is 11.8 Å². The first kappa shape index (κ1) is 13.2. The molecule has 0 radical (unpaired) electrons. The summed E-state index contributed by atoms with van der Waals surface area (Å²) in [6.45, 7) is 4.55. The molecule has 0 amide bonds. The molecule has 1 saturated carbocycles. The van der Waals surface area contributed by atoms with Crippen LogP contribution in [0.4, 0.5) is 0 Å². The maximum atomic E-state index is 8.82. The molecule has 0 bridgehead atoms. The van der Waals surface area contributed by atoms with Crippen molar-refractivity contribution >= 4 is 11.6 Å². The molecule has 3 heteroatoms. The van der Waals surface area contributed by atoms with Gasteiger partial charge < -0.3 is 4.74 Å². The Kier molecular flexibility index (Phi) is 4.14. The van der Waals surface area contributed by atoms with Gasteiger partial charge in [-0.15, -0.1) is 0 Å². The molecule has 1 fully saturated rings. The van der Waals surface area contributed by atoms with E-state index in [0.29, 0.717) is 22.4 Å². The molecule has 2 nitrogen and oxygen atoms in total. The van der Waals surface area contributed by atoms with Crippen molar-refractivity contribution in [1.82, 2.24) is 0 Å². The first-order valence-corrected chi connectivity index (χ1v) is 6.82. The molecule has 0 spiro atoms. The van der Waals surface area contributed by atoms with E-state index in [1.54, 1.807) is 12.1 Å². The Morgan fingerprint density at radius 3 is 2.44 bits per heavy atom. The average molecular weight is 264 g/mol. The predicted molar refractivity (Wildman–Crippen MR) is 72.8 cm³/mol. The Balaban J connectivity index is 2.05. The molecule has 18 heavy (non-hydrogen) atoms. The van der Waals surface area contributed by atoms with Crippen molar-refractivity contribution in [2.75, 3.05) is 0 Å². The fourth-order valence-electron chi connectivity index (χ4n) is 2.82. The second kappa shape index (κ2) is 5.63. The summed E-state index contributed by atoms with van der Waals surface area (Å²) in [5.41, 5.74) is 0.495. The zero-order valence-electron chi connectivity index (χ0n) is 10.8. The highest BCUT2D eigenvalue weighted by atomic mass is 35.5. The van der Waals surface area contributed by atoms with E-state index in [2.05, 4.69) is 19.9 Å². The van der Waals surface area contributed by atoms with E-state index in [1.165, 1.54) is 6.42 Å². The van der Waals surface area contributed by atoms with Crippen LogP contribution >= 0.6 is 11.6 Å². The minimum Gasteiger partial charge on any atom is -0.490 e. The van der Waals surface area contributed by atoms with Crippen molar-refractivity contribution in [3.63, 3.8) is 0 Å². The van der Waals surface area contributed by atoms with Crippen LogP contribution in [0, 0.1) is 23.2 Å². The van der Waals surface area contributed by atoms with Crippen LogP contribution in [0.2, 0.25) is 5.02 Å². The summed E-state index contributed by atoms with van der Waals surface area (Å²) in [6, 6.07) is 7.34. The van der Waals surface area contributed by atoms with Crippen molar-refractivity contribution in [3.05, 3.63) is 28.8 Å². The van der Waals surface area contributed by atoms with Gasteiger partial charge in [0.05, 0.1) is 16.7 Å². The minimum absolute atomic E-state index is 0.271. The lowest BCUT2D eigenvalue weighted by Crippen LogP contribution is -2.28. The number of hydrogen-bond donors (Lipinski definition) is 0. The number of nitriles is 1. The number of benzene rings is 1. The second-order valence-electron chi connectivity index (χ2n) is 5.41. The molecule has 0 aliphatic heterocycles. The summed E-state index contributed by atoms with van der Waals surface area (Å²) in [5.74, 6) is 2.20. The Bertz CT molecular complexity index is 456. The molecule has 2 unspecified atom stereocenters. The average Bonchev–Trinajstić information content (AvgIpc) is 2.27. The fourth-order valence-corrected chi connectivity index (χ4v) is 3.03. The van der Waals surface area contributed by atoms with Crippen LogP contribution in [-0.2, 0) is 0 Å². The molecule has 0 aromatic heterocycles. The van der Waals surface area contributed by atoms with Gasteiger partial charge in [0, 0.05) is 6.07 Å². The van der Waals surface area contributed by atoms with E-state index < -0.39 is 0 Å². The van der Waals surface area contributed by atoms with Crippen LogP contribution in [0.5, 0.6) is 5.75 Å². The van der Waals surface area contributed by atoms with Gasteiger partial charge in [-0.2, -0.15) is 5.26 Å². The number of rotatable bonds is 2. The first-order chi connectivity index (χ1) is 8.58. The summed E-state index contributed by atoms with van der Waals surface area (Å²) in [4.78, 5) is 0. The number of nitrogens with zero attached hydrogens (tertiary/aromatic N) is 1. The number of halogens is 1. The number of ether oxygens (including phenoxy) is 1. The lowest BCUT2D eigenvalue weighted by Gasteiger charge is -2.31. The molecule has 2 rings (SSSR count). The van der Waals surface area contributed by atoms with Crippen LogP contribution in [0.15, 0.2) is 18.2 Å². The van der Waals surface area contributed by atoms with E-state index >= 15 is 0 Å². The first-order valence-electron chi connectivity index (χ1n) is 6.44. The van der Waals surface area contributed by atoms with Crippen LogP contribution in [-0.4, -0.2) is 6.10 Å². The zero-order valence-corrected chi connectivity index (χ0v) is 11.6. The summed E-state index contributed by atoms with van der Waals surface area (Å²) in [5, 5.41) is 9.29. The Morgan fingerprint density at radius 2 is 1.89 bits per heavy atom. The molecule has 0 heterocycles. The summed E-state index contributed by atoms with van der Waals surface area (Å²) < 4.78 is 5.98. The van der Waals surface area contributed by atoms with Crippen LogP contribution < -0.4 is 4.74 Å². The molecule has 2 atom stereocenters. The maximum Gasteiger partial charge on any atom is 0.121 e. The van der Waals surface area contributed by atoms with Gasteiger partial charge in [0.1, 0.15) is 11.8 Å². The third-order valence-electron chi connectivity index (χ3n) is 3.50. The summed E-state index contributed by atoms with van der Waals surface area (Å²) >= 11 is 6.00. The lowest BCUT2D eigenvalue weighted by atomic mass is 9.82. The molecule has 0 N–H and O–H groups in total. The van der Waals surface area contributed by atoms with E-state index in [-0.39, 0.29) is 6.10 Å². The highest BCUT2D eigenvalue weighted by Gasteiger charge is 2.25. The molecule has 0 saturated heterocycles. The molecule has 96 valence electrons. The molecule has 1 aromatic rings. The Labute approximate surface area is 114 Å². The van der Waals surface area contributed by atoms with Crippen molar-refractivity contribution in [1.29, 1.82) is 5.26 Å². The normalized spacial score (nSPS) is 27.6. The van der Waals surface area contributed by atoms with Gasteiger partial charge in [-0.1, -0.05) is 25.4 Å². The molecular formula is C15H18ClNO. The molecule has 1 aromatic carbocycles. The summed E-state index contributed by atoms with van der Waals surface area (Å²) in [7, 11) is 0. The highest BCUT2D eigenvalue weighted by molar-refractivity contribution is 6.31. The monoisotopic (exact) mass is 263 g/mol. The van der Waals surface area contributed by atoms with E-state index in [0.717, 1.165) is 18.6 Å². The third kappa shape index (κ3) is 3.17.